The lowest BCUT2D eigenvalue weighted by atomic mass is 10.0. The SMILES string of the molecule is CCc1ccc(CNC(C)c2ccc(C)cc2OC)cc1. The molecule has 21 heavy (non-hydrogen) atoms. The molecule has 0 aliphatic carbocycles. The molecule has 0 aliphatic rings. The highest BCUT2D eigenvalue weighted by Gasteiger charge is 2.11. The van der Waals surface area contributed by atoms with E-state index in [-0.39, 0.29) is 6.04 Å². The Balaban J connectivity index is 2.02. The Morgan fingerprint density at radius 1 is 1.05 bits per heavy atom. The molecular formula is C19H25NO. The van der Waals surface area contributed by atoms with Crippen LogP contribution in [0, 0.1) is 6.92 Å². The van der Waals surface area contributed by atoms with Crippen molar-refractivity contribution in [2.45, 2.75) is 39.8 Å². The molecule has 0 bridgehead atoms. The van der Waals surface area contributed by atoms with Crippen LogP contribution in [0.1, 0.15) is 42.1 Å². The number of aryl methyl sites for hydroxylation is 2. The van der Waals surface area contributed by atoms with Gasteiger partial charge in [-0.15, -0.1) is 0 Å². The second-order valence-corrected chi connectivity index (χ2v) is 5.52. The van der Waals surface area contributed by atoms with Gasteiger partial charge in [0.25, 0.3) is 0 Å². The van der Waals surface area contributed by atoms with Crippen LogP contribution < -0.4 is 10.1 Å². The summed E-state index contributed by atoms with van der Waals surface area (Å²) in [5.74, 6) is 0.955. The maximum absolute atomic E-state index is 5.49. The third-order valence-electron chi connectivity index (χ3n) is 3.90. The first-order valence-electron chi connectivity index (χ1n) is 7.59. The van der Waals surface area contributed by atoms with E-state index in [9.17, 15) is 0 Å². The molecule has 2 aromatic rings. The van der Waals surface area contributed by atoms with Gasteiger partial charge in [-0.05, 0) is 43.0 Å². The zero-order chi connectivity index (χ0) is 15.2. The normalized spacial score (nSPS) is 12.2. The first-order chi connectivity index (χ1) is 10.1. The van der Waals surface area contributed by atoms with Crippen LogP contribution in [-0.2, 0) is 13.0 Å². The Bertz CT molecular complexity index is 575. The van der Waals surface area contributed by atoms with E-state index in [0.29, 0.717) is 0 Å². The van der Waals surface area contributed by atoms with Gasteiger partial charge in [0.1, 0.15) is 5.75 Å². The maximum atomic E-state index is 5.49. The summed E-state index contributed by atoms with van der Waals surface area (Å²) in [4.78, 5) is 0. The van der Waals surface area contributed by atoms with Crippen LogP contribution in [-0.4, -0.2) is 7.11 Å². The van der Waals surface area contributed by atoms with Gasteiger partial charge in [-0.1, -0.05) is 43.3 Å². The average Bonchev–Trinajstić information content (AvgIpc) is 2.52. The van der Waals surface area contributed by atoms with Gasteiger partial charge in [-0.3, -0.25) is 0 Å². The van der Waals surface area contributed by atoms with Crippen LogP contribution in [0.4, 0.5) is 0 Å². The van der Waals surface area contributed by atoms with E-state index in [0.717, 1.165) is 18.7 Å². The smallest absolute Gasteiger partial charge is 0.123 e. The molecule has 1 N–H and O–H groups in total. The minimum atomic E-state index is 0.256. The predicted octanol–water partition coefficient (Wildman–Crippen LogP) is 4.42. The first kappa shape index (κ1) is 15.6. The number of methoxy groups -OCH3 is 1. The lowest BCUT2D eigenvalue weighted by molar-refractivity contribution is 0.401. The van der Waals surface area contributed by atoms with Crippen LogP contribution in [0.25, 0.3) is 0 Å². The summed E-state index contributed by atoms with van der Waals surface area (Å²) in [6, 6.07) is 15.4. The van der Waals surface area contributed by atoms with Crippen molar-refractivity contribution < 1.29 is 4.74 Å². The van der Waals surface area contributed by atoms with Gasteiger partial charge in [0, 0.05) is 18.2 Å². The topological polar surface area (TPSA) is 21.3 Å². The fraction of sp³-hybridized carbons (Fsp3) is 0.368. The summed E-state index contributed by atoms with van der Waals surface area (Å²) in [6.45, 7) is 7.30. The molecule has 2 aromatic carbocycles. The molecule has 0 aliphatic heterocycles. The van der Waals surface area contributed by atoms with Crippen molar-refractivity contribution in [1.29, 1.82) is 0 Å². The molecule has 2 nitrogen and oxygen atoms in total. The van der Waals surface area contributed by atoms with E-state index in [4.69, 9.17) is 4.74 Å². The highest BCUT2D eigenvalue weighted by molar-refractivity contribution is 5.39. The van der Waals surface area contributed by atoms with Crippen LogP contribution in [0.15, 0.2) is 42.5 Å². The summed E-state index contributed by atoms with van der Waals surface area (Å²) >= 11 is 0. The van der Waals surface area contributed by atoms with E-state index >= 15 is 0 Å². The van der Waals surface area contributed by atoms with Gasteiger partial charge in [0.2, 0.25) is 0 Å². The van der Waals surface area contributed by atoms with Crippen molar-refractivity contribution in [3.63, 3.8) is 0 Å². The first-order valence-corrected chi connectivity index (χ1v) is 7.59. The van der Waals surface area contributed by atoms with E-state index < -0.39 is 0 Å². The molecule has 1 unspecified atom stereocenters. The highest BCUT2D eigenvalue weighted by atomic mass is 16.5. The third kappa shape index (κ3) is 4.08. The maximum Gasteiger partial charge on any atom is 0.123 e. The average molecular weight is 283 g/mol. The lowest BCUT2D eigenvalue weighted by Crippen LogP contribution is -2.18. The van der Waals surface area contributed by atoms with E-state index in [1.165, 1.54) is 22.3 Å². The fourth-order valence-corrected chi connectivity index (χ4v) is 2.45. The summed E-state index contributed by atoms with van der Waals surface area (Å²) in [5, 5.41) is 3.57. The summed E-state index contributed by atoms with van der Waals surface area (Å²) in [6.07, 6.45) is 1.09. The third-order valence-corrected chi connectivity index (χ3v) is 3.90. The molecule has 0 spiro atoms. The minimum absolute atomic E-state index is 0.256. The Labute approximate surface area is 128 Å². The zero-order valence-corrected chi connectivity index (χ0v) is 13.4. The molecule has 112 valence electrons. The summed E-state index contributed by atoms with van der Waals surface area (Å²) < 4.78 is 5.49. The van der Waals surface area contributed by atoms with Crippen LogP contribution in [0.2, 0.25) is 0 Å². The Morgan fingerprint density at radius 2 is 1.71 bits per heavy atom. The summed E-state index contributed by atoms with van der Waals surface area (Å²) in [5.41, 5.74) is 5.11. The number of ether oxygens (including phenoxy) is 1. The van der Waals surface area contributed by atoms with Crippen molar-refractivity contribution in [2.24, 2.45) is 0 Å². The van der Waals surface area contributed by atoms with E-state index in [1.807, 2.05) is 0 Å². The molecule has 0 radical (unpaired) electrons. The van der Waals surface area contributed by atoms with Gasteiger partial charge in [0.15, 0.2) is 0 Å². The Hall–Kier alpha value is -1.80. The van der Waals surface area contributed by atoms with Crippen molar-refractivity contribution in [3.05, 3.63) is 64.7 Å². The van der Waals surface area contributed by atoms with E-state index in [1.54, 1.807) is 7.11 Å². The quantitative estimate of drug-likeness (QED) is 0.847. The van der Waals surface area contributed by atoms with Crippen LogP contribution >= 0.6 is 0 Å². The molecule has 0 fully saturated rings. The molecule has 0 saturated heterocycles. The predicted molar refractivity (Wildman–Crippen MR) is 88.8 cm³/mol. The largest absolute Gasteiger partial charge is 0.496 e. The number of rotatable bonds is 6. The van der Waals surface area contributed by atoms with Gasteiger partial charge in [-0.2, -0.15) is 0 Å². The second kappa shape index (κ2) is 7.28. The molecule has 0 heterocycles. The number of hydrogen-bond donors (Lipinski definition) is 1. The van der Waals surface area contributed by atoms with Crippen LogP contribution in [0.3, 0.4) is 0 Å². The van der Waals surface area contributed by atoms with Crippen molar-refractivity contribution in [1.82, 2.24) is 5.32 Å². The van der Waals surface area contributed by atoms with Gasteiger partial charge >= 0.3 is 0 Å². The molecule has 2 heteroatoms. The number of nitrogens with one attached hydrogen (secondary N) is 1. The Morgan fingerprint density at radius 3 is 2.33 bits per heavy atom. The lowest BCUT2D eigenvalue weighted by Gasteiger charge is -2.18. The molecule has 0 aromatic heterocycles. The standard InChI is InChI=1S/C19H25NO/c1-5-16-7-9-17(10-8-16)13-20-15(3)18-11-6-14(2)12-19(18)21-4/h6-12,15,20H,5,13H2,1-4H3. The molecule has 1 atom stereocenters. The molecule has 0 saturated carbocycles. The Kier molecular flexibility index (Phi) is 5.40. The fourth-order valence-electron chi connectivity index (χ4n) is 2.45. The van der Waals surface area contributed by atoms with Gasteiger partial charge in [0.05, 0.1) is 7.11 Å². The minimum Gasteiger partial charge on any atom is -0.496 e. The molecule has 0 amide bonds. The van der Waals surface area contributed by atoms with Crippen molar-refractivity contribution in [2.75, 3.05) is 7.11 Å². The number of hydrogen-bond acceptors (Lipinski definition) is 2. The molecular weight excluding hydrogens is 258 g/mol. The van der Waals surface area contributed by atoms with Crippen LogP contribution in [0.5, 0.6) is 5.75 Å². The van der Waals surface area contributed by atoms with Gasteiger partial charge < -0.3 is 10.1 Å². The van der Waals surface area contributed by atoms with Crippen molar-refractivity contribution >= 4 is 0 Å². The van der Waals surface area contributed by atoms with Gasteiger partial charge in [-0.25, -0.2) is 0 Å². The highest BCUT2D eigenvalue weighted by Crippen LogP contribution is 2.26. The zero-order valence-electron chi connectivity index (χ0n) is 13.4. The van der Waals surface area contributed by atoms with E-state index in [2.05, 4.69) is 68.6 Å². The number of benzene rings is 2. The summed E-state index contributed by atoms with van der Waals surface area (Å²) in [7, 11) is 1.73. The molecule has 2 rings (SSSR count). The van der Waals surface area contributed by atoms with Crippen molar-refractivity contribution in [3.8, 4) is 5.75 Å². The monoisotopic (exact) mass is 283 g/mol. The second-order valence-electron chi connectivity index (χ2n) is 5.52.